The molecule has 0 aliphatic carbocycles. The molecule has 0 saturated heterocycles. The molecule has 5 aromatic rings. The first-order valence-electron chi connectivity index (χ1n) is 16.9. The third kappa shape index (κ3) is 10.0. The molecular formula is C42H44N2O6. The lowest BCUT2D eigenvalue weighted by Gasteiger charge is -2.35. The van der Waals surface area contributed by atoms with Crippen LogP contribution < -0.4 is 5.32 Å². The van der Waals surface area contributed by atoms with Gasteiger partial charge in [0.1, 0.15) is 12.1 Å². The zero-order valence-electron chi connectivity index (χ0n) is 28.5. The molecule has 8 nitrogen and oxygen atoms in total. The van der Waals surface area contributed by atoms with Gasteiger partial charge >= 0.3 is 18.0 Å². The number of esters is 1. The Bertz CT molecular complexity index is 1850. The summed E-state index contributed by atoms with van der Waals surface area (Å²) >= 11 is 0. The molecule has 5 aromatic carbocycles. The standard InChI is InChI=1S/C42H44N2O6/c1-31(2)27-44(28-38(49-29-33-16-8-4-9-17-33)39(45)50-30-34-18-10-5-11-19-34)41(48)43-42(40(46)47,25-32-14-6-3-7-15-32)26-35-22-23-36-20-12-13-21-37(36)24-35/h3-24,31,38H,25-30H2,1-2H3,(H,43,48)(H,46,47)/t38?,42-/m0/s1. The van der Waals surface area contributed by atoms with Gasteiger partial charge in [0.05, 0.1) is 13.2 Å². The van der Waals surface area contributed by atoms with E-state index in [2.05, 4.69) is 5.32 Å². The molecule has 2 N–H and O–H groups in total. The summed E-state index contributed by atoms with van der Waals surface area (Å²) in [6, 6.07) is 41.1. The number of benzene rings is 5. The number of carboxylic acids is 1. The van der Waals surface area contributed by atoms with E-state index >= 15 is 0 Å². The van der Waals surface area contributed by atoms with Crippen LogP contribution in [0.1, 0.15) is 36.1 Å². The van der Waals surface area contributed by atoms with Crippen molar-refractivity contribution >= 4 is 28.7 Å². The van der Waals surface area contributed by atoms with Gasteiger partial charge in [-0.2, -0.15) is 0 Å². The Morgan fingerprint density at radius 1 is 0.660 bits per heavy atom. The van der Waals surface area contributed by atoms with Crippen molar-refractivity contribution in [2.45, 2.75) is 51.5 Å². The largest absolute Gasteiger partial charge is 0.479 e. The fourth-order valence-electron chi connectivity index (χ4n) is 5.95. The van der Waals surface area contributed by atoms with Crippen molar-refractivity contribution in [2.75, 3.05) is 13.1 Å². The van der Waals surface area contributed by atoms with Gasteiger partial charge in [-0.25, -0.2) is 14.4 Å². The summed E-state index contributed by atoms with van der Waals surface area (Å²) in [7, 11) is 0. The highest BCUT2D eigenvalue weighted by Gasteiger charge is 2.42. The Labute approximate surface area is 293 Å². The zero-order chi connectivity index (χ0) is 35.3. The number of nitrogens with one attached hydrogen (secondary N) is 1. The first-order valence-corrected chi connectivity index (χ1v) is 16.9. The summed E-state index contributed by atoms with van der Waals surface area (Å²) in [6.07, 6.45) is -1.04. The molecular weight excluding hydrogens is 628 g/mol. The van der Waals surface area contributed by atoms with Gasteiger partial charge < -0.3 is 24.8 Å². The van der Waals surface area contributed by atoms with E-state index in [1.54, 1.807) is 0 Å². The van der Waals surface area contributed by atoms with Crippen LogP contribution in [0.4, 0.5) is 4.79 Å². The number of urea groups is 1. The van der Waals surface area contributed by atoms with E-state index in [0.717, 1.165) is 33.0 Å². The maximum absolute atomic E-state index is 14.3. The Hall–Kier alpha value is -5.47. The SMILES string of the molecule is CC(C)CN(CC(OCc1ccccc1)C(=O)OCc1ccccc1)C(=O)N[C@@](Cc1ccccc1)(Cc1ccc2ccccc2c1)C(=O)O. The maximum atomic E-state index is 14.3. The van der Waals surface area contributed by atoms with E-state index in [4.69, 9.17) is 9.47 Å². The average Bonchev–Trinajstić information content (AvgIpc) is 3.12. The number of fused-ring (bicyclic) bond motifs is 1. The van der Waals surface area contributed by atoms with Gasteiger partial charge in [0, 0.05) is 19.4 Å². The molecule has 0 aliphatic rings. The first-order chi connectivity index (χ1) is 24.2. The van der Waals surface area contributed by atoms with Gasteiger partial charge in [-0.3, -0.25) is 0 Å². The average molecular weight is 673 g/mol. The predicted octanol–water partition coefficient (Wildman–Crippen LogP) is 7.44. The topological polar surface area (TPSA) is 105 Å². The highest BCUT2D eigenvalue weighted by Crippen LogP contribution is 2.24. The number of carbonyl (C=O) groups excluding carboxylic acids is 2. The molecule has 2 amide bonds. The molecule has 0 aromatic heterocycles. The molecule has 0 fully saturated rings. The second-order valence-corrected chi connectivity index (χ2v) is 13.0. The summed E-state index contributed by atoms with van der Waals surface area (Å²) in [5, 5.41) is 15.8. The van der Waals surface area contributed by atoms with E-state index < -0.39 is 29.6 Å². The van der Waals surface area contributed by atoms with Crippen LogP contribution in [-0.4, -0.2) is 52.7 Å². The van der Waals surface area contributed by atoms with Gasteiger partial charge in [0.15, 0.2) is 6.10 Å². The number of hydrogen-bond donors (Lipinski definition) is 2. The number of rotatable bonds is 16. The van der Waals surface area contributed by atoms with Crippen molar-refractivity contribution in [2.24, 2.45) is 5.92 Å². The van der Waals surface area contributed by atoms with Gasteiger partial charge in [0.2, 0.25) is 0 Å². The molecule has 0 radical (unpaired) electrons. The second kappa shape index (κ2) is 17.3. The number of amides is 2. The first kappa shape index (κ1) is 35.8. The van der Waals surface area contributed by atoms with Crippen LogP contribution in [0.2, 0.25) is 0 Å². The van der Waals surface area contributed by atoms with Crippen LogP contribution in [-0.2, 0) is 45.1 Å². The number of carbonyl (C=O) groups is 3. The van der Waals surface area contributed by atoms with Crippen molar-refractivity contribution in [3.63, 3.8) is 0 Å². The molecule has 0 bridgehead atoms. The quantitative estimate of drug-likeness (QED) is 0.106. The normalized spacial score (nSPS) is 12.9. The second-order valence-electron chi connectivity index (χ2n) is 13.0. The van der Waals surface area contributed by atoms with E-state index in [0.29, 0.717) is 0 Å². The smallest absolute Gasteiger partial charge is 0.337 e. The molecule has 0 heterocycles. The molecule has 258 valence electrons. The highest BCUT2D eigenvalue weighted by molar-refractivity contribution is 5.88. The fourth-order valence-corrected chi connectivity index (χ4v) is 5.95. The third-order valence-electron chi connectivity index (χ3n) is 8.46. The number of hydrogen-bond acceptors (Lipinski definition) is 5. The lowest BCUT2D eigenvalue weighted by molar-refractivity contribution is -0.160. The van der Waals surface area contributed by atoms with E-state index in [9.17, 15) is 19.5 Å². The minimum absolute atomic E-state index is 0.00435. The van der Waals surface area contributed by atoms with Gasteiger partial charge in [-0.15, -0.1) is 0 Å². The van der Waals surface area contributed by atoms with Crippen molar-refractivity contribution in [3.8, 4) is 0 Å². The third-order valence-corrected chi connectivity index (χ3v) is 8.46. The number of nitrogens with zero attached hydrogens (tertiary/aromatic N) is 1. The van der Waals surface area contributed by atoms with Crippen molar-refractivity contribution in [1.82, 2.24) is 10.2 Å². The molecule has 5 rings (SSSR count). The van der Waals surface area contributed by atoms with Gasteiger partial charge in [-0.1, -0.05) is 147 Å². The Kier molecular flexibility index (Phi) is 12.4. The molecule has 0 saturated carbocycles. The molecule has 1 unspecified atom stereocenters. The van der Waals surface area contributed by atoms with Crippen molar-refractivity contribution in [1.29, 1.82) is 0 Å². The zero-order valence-corrected chi connectivity index (χ0v) is 28.5. The summed E-state index contributed by atoms with van der Waals surface area (Å²) in [6.45, 7) is 4.19. The monoisotopic (exact) mass is 672 g/mol. The number of carboxylic acid groups (broad SMARTS) is 1. The summed E-state index contributed by atoms with van der Waals surface area (Å²) in [5.74, 6) is -1.77. The Balaban J connectivity index is 1.43. The summed E-state index contributed by atoms with van der Waals surface area (Å²) in [4.78, 5) is 42.7. The number of ether oxygens (including phenoxy) is 2. The fraction of sp³-hybridized carbons (Fsp3) is 0.262. The highest BCUT2D eigenvalue weighted by atomic mass is 16.6. The van der Waals surface area contributed by atoms with E-state index in [1.807, 2.05) is 147 Å². The molecule has 0 spiro atoms. The van der Waals surface area contributed by atoms with Gasteiger partial charge in [-0.05, 0) is 38.9 Å². The lowest BCUT2D eigenvalue weighted by atomic mass is 9.84. The van der Waals surface area contributed by atoms with E-state index in [-0.39, 0.29) is 45.1 Å². The Morgan fingerprint density at radius 3 is 1.80 bits per heavy atom. The van der Waals surface area contributed by atoms with Crippen LogP contribution in [0.3, 0.4) is 0 Å². The van der Waals surface area contributed by atoms with Crippen molar-refractivity contribution < 1.29 is 29.0 Å². The summed E-state index contributed by atoms with van der Waals surface area (Å²) < 4.78 is 11.8. The minimum atomic E-state index is -1.70. The molecule has 2 atom stereocenters. The van der Waals surface area contributed by atoms with Crippen LogP contribution in [0.5, 0.6) is 0 Å². The molecule has 8 heteroatoms. The summed E-state index contributed by atoms with van der Waals surface area (Å²) in [5.41, 5.74) is 1.51. The van der Waals surface area contributed by atoms with Crippen molar-refractivity contribution in [3.05, 3.63) is 156 Å². The van der Waals surface area contributed by atoms with Crippen LogP contribution in [0.15, 0.2) is 133 Å². The van der Waals surface area contributed by atoms with Gasteiger partial charge in [0.25, 0.3) is 0 Å². The van der Waals surface area contributed by atoms with Crippen LogP contribution in [0, 0.1) is 5.92 Å². The predicted molar refractivity (Wildman–Crippen MR) is 194 cm³/mol. The lowest BCUT2D eigenvalue weighted by Crippen LogP contribution is -2.61. The Morgan fingerprint density at radius 2 is 1.20 bits per heavy atom. The minimum Gasteiger partial charge on any atom is -0.479 e. The number of aliphatic carboxylic acids is 1. The van der Waals surface area contributed by atoms with Crippen LogP contribution in [0.25, 0.3) is 10.8 Å². The molecule has 50 heavy (non-hydrogen) atoms. The maximum Gasteiger partial charge on any atom is 0.337 e. The van der Waals surface area contributed by atoms with Crippen LogP contribution >= 0.6 is 0 Å². The molecule has 0 aliphatic heterocycles. The van der Waals surface area contributed by atoms with E-state index in [1.165, 1.54) is 4.90 Å².